The molecule has 0 saturated carbocycles. The van der Waals surface area contributed by atoms with Gasteiger partial charge in [-0.1, -0.05) is 84.9 Å². The highest BCUT2D eigenvalue weighted by atomic mass is 32.1. The van der Waals surface area contributed by atoms with Crippen LogP contribution in [0.1, 0.15) is 11.8 Å². The Labute approximate surface area is 228 Å². The molecule has 6 aromatic carbocycles. The van der Waals surface area contributed by atoms with Crippen LogP contribution in [0.3, 0.4) is 0 Å². The molecule has 0 aliphatic carbocycles. The lowest BCUT2D eigenvalue weighted by Crippen LogP contribution is -2.10. The predicted molar refractivity (Wildman–Crippen MR) is 165 cm³/mol. The monoisotopic (exact) mass is 518 g/mol. The van der Waals surface area contributed by atoms with Gasteiger partial charge in [0.2, 0.25) is 0 Å². The second-order valence-corrected chi connectivity index (χ2v) is 11.3. The van der Waals surface area contributed by atoms with Crippen molar-refractivity contribution in [3.8, 4) is 11.4 Å². The molecular formula is C35H22N2OS. The first-order valence-electron chi connectivity index (χ1n) is 13.2. The minimum atomic E-state index is -0.225. The van der Waals surface area contributed by atoms with Crippen LogP contribution in [0.4, 0.5) is 5.69 Å². The van der Waals surface area contributed by atoms with Crippen molar-refractivity contribution in [2.24, 2.45) is 0 Å². The van der Waals surface area contributed by atoms with E-state index in [1.165, 1.54) is 52.8 Å². The number of benzene rings is 6. The summed E-state index contributed by atoms with van der Waals surface area (Å²) in [6, 6.07) is 43.5. The normalized spacial score (nSPS) is 14.8. The molecule has 0 saturated heterocycles. The van der Waals surface area contributed by atoms with Gasteiger partial charge in [-0.2, -0.15) is 0 Å². The molecule has 0 fully saturated rings. The fourth-order valence-corrected chi connectivity index (χ4v) is 7.39. The van der Waals surface area contributed by atoms with Crippen molar-refractivity contribution in [2.45, 2.75) is 6.23 Å². The molecule has 1 aliphatic heterocycles. The molecular weight excluding hydrogens is 496 g/mol. The molecule has 3 heterocycles. The fraction of sp³-hybridized carbons (Fsp3) is 0.0286. The second-order valence-electron chi connectivity index (χ2n) is 10.2. The molecule has 2 aromatic heterocycles. The first-order valence-corrected chi connectivity index (χ1v) is 14.0. The number of nitrogens with zero attached hydrogens (tertiary/aromatic N) is 1. The van der Waals surface area contributed by atoms with Gasteiger partial charge in [0.1, 0.15) is 5.75 Å². The van der Waals surface area contributed by atoms with Gasteiger partial charge in [0.15, 0.2) is 6.23 Å². The summed E-state index contributed by atoms with van der Waals surface area (Å²) in [5, 5.41) is 11.3. The number of hydrogen-bond acceptors (Lipinski definition) is 3. The first-order chi connectivity index (χ1) is 19.3. The number of rotatable bonds is 2. The molecule has 0 spiro atoms. The van der Waals surface area contributed by atoms with E-state index >= 15 is 0 Å². The fourth-order valence-electron chi connectivity index (χ4n) is 6.27. The van der Waals surface area contributed by atoms with Crippen molar-refractivity contribution in [1.29, 1.82) is 0 Å². The van der Waals surface area contributed by atoms with Crippen molar-refractivity contribution in [2.75, 3.05) is 5.32 Å². The molecule has 1 N–H and O–H groups in total. The van der Waals surface area contributed by atoms with Gasteiger partial charge in [-0.15, -0.1) is 11.3 Å². The lowest BCUT2D eigenvalue weighted by Gasteiger charge is -2.14. The molecule has 39 heavy (non-hydrogen) atoms. The molecule has 184 valence electrons. The summed E-state index contributed by atoms with van der Waals surface area (Å²) in [5.41, 5.74) is 5.80. The first kappa shape index (κ1) is 21.2. The minimum Gasteiger partial charge on any atom is -0.464 e. The van der Waals surface area contributed by atoms with E-state index in [9.17, 15) is 0 Å². The second kappa shape index (κ2) is 7.85. The Morgan fingerprint density at radius 2 is 1.38 bits per heavy atom. The molecule has 0 amide bonds. The zero-order valence-corrected chi connectivity index (χ0v) is 21.7. The highest BCUT2D eigenvalue weighted by molar-refractivity contribution is 7.26. The highest BCUT2D eigenvalue weighted by Gasteiger charge is 2.27. The minimum absolute atomic E-state index is 0.225. The maximum absolute atomic E-state index is 6.43. The van der Waals surface area contributed by atoms with Crippen LogP contribution in [0.2, 0.25) is 0 Å². The van der Waals surface area contributed by atoms with Crippen LogP contribution in [0.15, 0.2) is 121 Å². The summed E-state index contributed by atoms with van der Waals surface area (Å²) in [6.45, 7) is 0. The van der Waals surface area contributed by atoms with Crippen molar-refractivity contribution in [3.05, 3.63) is 127 Å². The summed E-state index contributed by atoms with van der Waals surface area (Å²) in [7, 11) is 0. The number of para-hydroxylation sites is 1. The largest absolute Gasteiger partial charge is 0.464 e. The SMILES string of the molecule is c1ccc2c(c1)ccc1c3ccccc3n(-c3ccc(C4Nc5c(ccc6sc7ccccc7c56)O4)cc3)c21. The number of hydrogen-bond donors (Lipinski definition) is 1. The maximum Gasteiger partial charge on any atom is 0.196 e. The quantitative estimate of drug-likeness (QED) is 0.246. The molecule has 4 heteroatoms. The standard InChI is InChI=1S/C35H22N2OS/c1-2-8-24-21(7-1)15-18-26-25-9-3-5-11-28(25)37(34(24)26)23-16-13-22(14-17-23)35-36-33-29(38-35)19-20-31-32(33)27-10-4-6-12-30(27)39-31/h1-20,35-36H. The van der Waals surface area contributed by atoms with Crippen molar-refractivity contribution < 1.29 is 4.74 Å². The van der Waals surface area contributed by atoms with E-state index in [1.807, 2.05) is 11.3 Å². The molecule has 0 bridgehead atoms. The summed E-state index contributed by atoms with van der Waals surface area (Å²) in [6.07, 6.45) is -0.225. The van der Waals surface area contributed by atoms with Gasteiger partial charge in [-0.25, -0.2) is 0 Å². The lowest BCUT2D eigenvalue weighted by atomic mass is 10.1. The van der Waals surface area contributed by atoms with Gasteiger partial charge >= 0.3 is 0 Å². The number of nitrogens with one attached hydrogen (secondary N) is 1. The average molecular weight is 519 g/mol. The van der Waals surface area contributed by atoms with Crippen molar-refractivity contribution in [1.82, 2.24) is 4.57 Å². The van der Waals surface area contributed by atoms with E-state index in [-0.39, 0.29) is 6.23 Å². The van der Waals surface area contributed by atoms with Crippen molar-refractivity contribution in [3.63, 3.8) is 0 Å². The van der Waals surface area contributed by atoms with Crippen LogP contribution < -0.4 is 10.1 Å². The van der Waals surface area contributed by atoms with Gasteiger partial charge in [0.25, 0.3) is 0 Å². The van der Waals surface area contributed by atoms with Crippen LogP contribution in [0, 0.1) is 0 Å². The van der Waals surface area contributed by atoms with E-state index in [0.717, 1.165) is 22.7 Å². The number of fused-ring (bicyclic) bond motifs is 10. The van der Waals surface area contributed by atoms with Gasteiger partial charge < -0.3 is 14.6 Å². The smallest absolute Gasteiger partial charge is 0.196 e. The van der Waals surface area contributed by atoms with Crippen LogP contribution in [0.5, 0.6) is 5.75 Å². The average Bonchev–Trinajstić information content (AvgIpc) is 3.68. The Morgan fingerprint density at radius 1 is 0.615 bits per heavy atom. The third-order valence-corrected chi connectivity index (χ3v) is 9.17. The molecule has 9 rings (SSSR count). The van der Waals surface area contributed by atoms with Crippen LogP contribution in [0.25, 0.3) is 58.4 Å². The molecule has 1 aliphatic rings. The summed E-state index contributed by atoms with van der Waals surface area (Å²) < 4.78 is 11.4. The third-order valence-electron chi connectivity index (χ3n) is 8.04. The Balaban J connectivity index is 1.16. The molecule has 1 unspecified atom stereocenters. The maximum atomic E-state index is 6.43. The molecule has 0 radical (unpaired) electrons. The topological polar surface area (TPSA) is 26.2 Å². The van der Waals surface area contributed by atoms with Gasteiger partial charge in [0, 0.05) is 47.6 Å². The Bertz CT molecular complexity index is 2240. The highest BCUT2D eigenvalue weighted by Crippen LogP contribution is 2.48. The van der Waals surface area contributed by atoms with Crippen LogP contribution >= 0.6 is 11.3 Å². The summed E-state index contributed by atoms with van der Waals surface area (Å²) in [4.78, 5) is 0. The van der Waals surface area contributed by atoms with E-state index in [4.69, 9.17) is 4.74 Å². The lowest BCUT2D eigenvalue weighted by molar-refractivity contribution is 0.260. The van der Waals surface area contributed by atoms with E-state index < -0.39 is 0 Å². The van der Waals surface area contributed by atoms with Gasteiger partial charge in [-0.05, 0) is 41.8 Å². The summed E-state index contributed by atoms with van der Waals surface area (Å²) >= 11 is 1.83. The van der Waals surface area contributed by atoms with Gasteiger partial charge in [-0.3, -0.25) is 0 Å². The molecule has 3 nitrogen and oxygen atoms in total. The zero-order chi connectivity index (χ0) is 25.5. The third kappa shape index (κ3) is 2.98. The van der Waals surface area contributed by atoms with E-state index in [2.05, 4.69) is 131 Å². The molecule has 1 atom stereocenters. The van der Waals surface area contributed by atoms with Gasteiger partial charge in [0.05, 0.1) is 16.7 Å². The number of aromatic nitrogens is 1. The number of thiophene rings is 1. The molecule has 8 aromatic rings. The predicted octanol–water partition coefficient (Wildman–Crippen LogP) is 9.81. The number of anilines is 1. The van der Waals surface area contributed by atoms with E-state index in [1.54, 1.807) is 0 Å². The van der Waals surface area contributed by atoms with Crippen LogP contribution in [-0.4, -0.2) is 4.57 Å². The zero-order valence-electron chi connectivity index (χ0n) is 20.9. The summed E-state index contributed by atoms with van der Waals surface area (Å²) in [5.74, 6) is 0.911. The Kier molecular flexibility index (Phi) is 4.26. The van der Waals surface area contributed by atoms with Crippen molar-refractivity contribution >= 4 is 69.8 Å². The van der Waals surface area contributed by atoms with E-state index in [0.29, 0.717) is 0 Å². The Hall–Kier alpha value is -4.80. The van der Waals surface area contributed by atoms with Crippen LogP contribution in [-0.2, 0) is 0 Å². The number of ether oxygens (including phenoxy) is 1. The Morgan fingerprint density at radius 3 is 2.28 bits per heavy atom.